The van der Waals surface area contributed by atoms with Crippen molar-refractivity contribution in [1.29, 1.82) is 0 Å². The summed E-state index contributed by atoms with van der Waals surface area (Å²) in [5.74, 6) is 0. The minimum atomic E-state index is -0.543. The molecule has 0 fully saturated rings. The van der Waals surface area contributed by atoms with E-state index in [1.807, 2.05) is 0 Å². The molecule has 0 saturated carbocycles. The van der Waals surface area contributed by atoms with Crippen LogP contribution in [0.3, 0.4) is 0 Å². The zero-order valence-electron chi connectivity index (χ0n) is 18.4. The van der Waals surface area contributed by atoms with Crippen LogP contribution in [-0.4, -0.2) is 41.8 Å². The third kappa shape index (κ3) is 2.36. The van der Waals surface area contributed by atoms with Gasteiger partial charge >= 0.3 is 222 Å². The van der Waals surface area contributed by atoms with Gasteiger partial charge in [-0.2, -0.15) is 0 Å². The number of benzene rings is 4. The van der Waals surface area contributed by atoms with Crippen LogP contribution in [0, 0.1) is 0 Å². The fourth-order valence-corrected chi connectivity index (χ4v) is 15.5. The Bertz CT molecular complexity index is 1420. The predicted octanol–water partition coefficient (Wildman–Crippen LogP) is 6.32. The second-order valence-electron chi connectivity index (χ2n) is 9.23. The summed E-state index contributed by atoms with van der Waals surface area (Å²) in [6.07, 6.45) is 5.23. The van der Waals surface area contributed by atoms with E-state index in [0.717, 1.165) is 0 Å². The van der Waals surface area contributed by atoms with Gasteiger partial charge in [-0.1, -0.05) is 0 Å². The molecule has 0 amide bonds. The van der Waals surface area contributed by atoms with E-state index in [4.69, 9.17) is 0 Å². The van der Waals surface area contributed by atoms with Crippen LogP contribution in [0.1, 0.15) is 33.4 Å². The Morgan fingerprint density at radius 2 is 0.706 bits per heavy atom. The molecule has 4 aromatic carbocycles. The summed E-state index contributed by atoms with van der Waals surface area (Å²) in [7, 11) is 0. The van der Waals surface area contributed by atoms with Crippen LogP contribution in [0.15, 0.2) is 132 Å². The Balaban J connectivity index is 1.49. The molecule has 34 heavy (non-hydrogen) atoms. The summed E-state index contributed by atoms with van der Waals surface area (Å²) in [4.78, 5) is 0. The van der Waals surface area contributed by atoms with Crippen LogP contribution >= 0.6 is 0 Å². The van der Waals surface area contributed by atoms with Gasteiger partial charge in [-0.3, -0.25) is 0 Å². The van der Waals surface area contributed by atoms with Crippen molar-refractivity contribution in [3.05, 3.63) is 166 Å². The Kier molecular flexibility index (Phi) is 4.16. The number of rotatable bonds is 2. The second-order valence-corrected chi connectivity index (χ2v) is 16.4. The molecular weight excluding hydrogens is 640 g/mol. The zero-order valence-corrected chi connectivity index (χ0v) is 23.0. The molecule has 0 unspecified atom stereocenters. The van der Waals surface area contributed by atoms with Crippen LogP contribution in [0.5, 0.6) is 0 Å². The van der Waals surface area contributed by atoms with Crippen molar-refractivity contribution >= 4 is 49.1 Å². The van der Waals surface area contributed by atoms with Crippen molar-refractivity contribution in [2.24, 2.45) is 0 Å². The molecule has 2 spiro atoms. The van der Waals surface area contributed by atoms with Gasteiger partial charge in [0.2, 0.25) is 0 Å². The minimum absolute atomic E-state index is 0.0517. The molecule has 0 aromatic heterocycles. The predicted molar refractivity (Wildman–Crippen MR) is 142 cm³/mol. The van der Waals surface area contributed by atoms with Gasteiger partial charge < -0.3 is 0 Å². The molecule has 0 saturated heterocycles. The number of hydrogen-bond donors (Lipinski definition) is 0. The molecule has 3 aliphatic carbocycles. The van der Waals surface area contributed by atoms with Crippen LogP contribution in [0.2, 0.25) is 0 Å². The van der Waals surface area contributed by atoms with Crippen molar-refractivity contribution in [3.8, 4) is 0 Å². The second kappa shape index (κ2) is 7.10. The first-order chi connectivity index (χ1) is 16.8. The average Bonchev–Trinajstić information content (AvgIpc) is 3.52. The van der Waals surface area contributed by atoms with E-state index < -0.39 is 41.8 Å². The molecule has 4 aromatic rings. The van der Waals surface area contributed by atoms with Gasteiger partial charge in [0.05, 0.1) is 0 Å². The molecule has 0 nitrogen and oxygen atoms in total. The molecule has 2 aliphatic heterocycles. The van der Waals surface area contributed by atoms with Crippen molar-refractivity contribution in [2.45, 2.75) is 6.93 Å². The average molecular weight is 660 g/mol. The Labute approximate surface area is 220 Å². The Morgan fingerprint density at radius 1 is 0.382 bits per heavy atom. The Hall–Kier alpha value is -2.32. The normalized spacial score (nSPS) is 25.3. The first-order valence-electron chi connectivity index (χ1n) is 11.7. The molecule has 5 aliphatic rings. The van der Waals surface area contributed by atoms with Gasteiger partial charge in [0, 0.05) is 0 Å². The van der Waals surface area contributed by atoms with Gasteiger partial charge in [-0.25, -0.2) is 0 Å². The standard InChI is InChI=1S/C32H20Te2/c1-3-11-21(12-4-1)29-19-27-28-20-30(22-13-5-2-6-14-22)34-32(28)25-17-9-7-15-23(25)31(27,33-29)24-16-8-10-18-26(24)32/h1-20H. The maximum absolute atomic E-state index is 2.62. The van der Waals surface area contributed by atoms with E-state index >= 15 is 0 Å². The van der Waals surface area contributed by atoms with E-state index in [-0.39, 0.29) is 6.93 Å². The molecule has 2 heterocycles. The Morgan fingerprint density at radius 3 is 1.06 bits per heavy atom. The van der Waals surface area contributed by atoms with Crippen LogP contribution < -0.4 is 0 Å². The van der Waals surface area contributed by atoms with E-state index in [2.05, 4.69) is 121 Å². The molecule has 0 atom stereocenters. The number of allylic oxidation sites excluding steroid dienone is 4. The van der Waals surface area contributed by atoms with Gasteiger partial charge in [0.1, 0.15) is 0 Å². The third-order valence-electron chi connectivity index (χ3n) is 7.61. The molecule has 0 N–H and O–H groups in total. The first-order valence-corrected chi connectivity index (χ1v) is 16.4. The molecule has 2 bridgehead atoms. The molecule has 0 radical (unpaired) electrons. The fraction of sp³-hybridized carbons (Fsp3) is 0.0625. The SMILES string of the molecule is C1=C(c2ccccc2)[Te]C23C1=C1C=C(c4ccccc4)[Te]C1(c1ccccc12)c1ccccc13. The third-order valence-corrected chi connectivity index (χ3v) is 16.4. The number of hydrogen-bond acceptors (Lipinski definition) is 0. The maximum atomic E-state index is 2.62. The van der Waals surface area contributed by atoms with Gasteiger partial charge in [0.15, 0.2) is 0 Å². The van der Waals surface area contributed by atoms with Gasteiger partial charge in [-0.05, 0) is 0 Å². The molecule has 160 valence electrons. The van der Waals surface area contributed by atoms with E-state index in [1.165, 1.54) is 11.1 Å². The van der Waals surface area contributed by atoms with Crippen LogP contribution in [-0.2, 0) is 6.93 Å². The van der Waals surface area contributed by atoms with E-state index in [9.17, 15) is 0 Å². The fourth-order valence-electron chi connectivity index (χ4n) is 6.27. The van der Waals surface area contributed by atoms with Crippen molar-refractivity contribution in [3.63, 3.8) is 0 Å². The van der Waals surface area contributed by atoms with Crippen molar-refractivity contribution < 1.29 is 0 Å². The molecule has 9 rings (SSSR count). The van der Waals surface area contributed by atoms with Crippen molar-refractivity contribution in [2.75, 3.05) is 0 Å². The quantitative estimate of drug-likeness (QED) is 0.221. The van der Waals surface area contributed by atoms with Crippen molar-refractivity contribution in [1.82, 2.24) is 0 Å². The van der Waals surface area contributed by atoms with Crippen LogP contribution in [0.4, 0.5) is 0 Å². The summed E-state index contributed by atoms with van der Waals surface area (Å²) < 4.78 is 3.29. The molecule has 2 heteroatoms. The monoisotopic (exact) mass is 664 g/mol. The molecular formula is C32H20Te2. The first kappa shape index (κ1) is 19.9. The van der Waals surface area contributed by atoms with E-state index in [0.29, 0.717) is 0 Å². The van der Waals surface area contributed by atoms with Gasteiger partial charge in [-0.15, -0.1) is 0 Å². The topological polar surface area (TPSA) is 0 Å². The van der Waals surface area contributed by atoms with Gasteiger partial charge in [0.25, 0.3) is 0 Å². The summed E-state index contributed by atoms with van der Waals surface area (Å²) in [6, 6.07) is 41.2. The summed E-state index contributed by atoms with van der Waals surface area (Å²) >= 11 is -1.09. The summed E-state index contributed by atoms with van der Waals surface area (Å²) in [5, 5.41) is 0. The zero-order chi connectivity index (χ0) is 22.3. The van der Waals surface area contributed by atoms with Crippen LogP contribution in [0.25, 0.3) is 7.24 Å². The van der Waals surface area contributed by atoms with E-state index in [1.54, 1.807) is 40.6 Å². The summed E-state index contributed by atoms with van der Waals surface area (Å²) in [6.45, 7) is 0. The summed E-state index contributed by atoms with van der Waals surface area (Å²) in [5.41, 5.74) is 12.5.